The van der Waals surface area contributed by atoms with Crippen LogP contribution in [0.15, 0.2) is 64.3 Å². The number of nitrogens with zero attached hydrogens (tertiary/aromatic N) is 3. The molecule has 228 valence electrons. The molecule has 44 heavy (non-hydrogen) atoms. The zero-order valence-electron chi connectivity index (χ0n) is 24.9. The largest absolute Gasteiger partial charge is 0.465 e. The quantitative estimate of drug-likeness (QED) is 0.161. The van der Waals surface area contributed by atoms with Crippen LogP contribution in [0.5, 0.6) is 0 Å². The molecular formula is C33H35N5O6. The molecule has 3 aromatic rings. The number of allylic oxidation sites excluding steroid dienone is 1. The summed E-state index contributed by atoms with van der Waals surface area (Å²) in [7, 11) is 1.27. The molecule has 2 saturated heterocycles. The molecule has 1 atom stereocenters. The second-order valence-electron chi connectivity index (χ2n) is 11.0. The molecule has 2 aliphatic heterocycles. The third kappa shape index (κ3) is 6.75. The van der Waals surface area contributed by atoms with Crippen molar-refractivity contribution in [2.24, 2.45) is 0 Å². The lowest BCUT2D eigenvalue weighted by molar-refractivity contribution is -0.140. The lowest BCUT2D eigenvalue weighted by Gasteiger charge is -2.28. The highest BCUT2D eigenvalue weighted by Crippen LogP contribution is 2.25. The van der Waals surface area contributed by atoms with Crippen LogP contribution in [0.25, 0.3) is 11.0 Å². The third-order valence-corrected chi connectivity index (χ3v) is 7.95. The number of aryl methyl sites for hydroxylation is 1. The van der Waals surface area contributed by atoms with Crippen molar-refractivity contribution in [2.75, 3.05) is 38.6 Å². The minimum absolute atomic E-state index is 0.00339. The second kappa shape index (κ2) is 13.5. The third-order valence-electron chi connectivity index (χ3n) is 7.95. The summed E-state index contributed by atoms with van der Waals surface area (Å²) in [5, 5.41) is 17.4. The Labute approximate surface area is 255 Å². The number of nitrogens with one attached hydrogen (secondary N) is 2. The molecule has 0 radical (unpaired) electrons. The first kappa shape index (κ1) is 30.4. The van der Waals surface area contributed by atoms with Crippen LogP contribution in [0.4, 0.5) is 5.69 Å². The number of furan rings is 1. The Bertz CT molecular complexity index is 1640. The van der Waals surface area contributed by atoms with E-state index in [1.165, 1.54) is 31.4 Å². The van der Waals surface area contributed by atoms with Gasteiger partial charge in [-0.25, -0.2) is 4.79 Å². The van der Waals surface area contributed by atoms with Crippen LogP contribution in [0.1, 0.15) is 58.6 Å². The summed E-state index contributed by atoms with van der Waals surface area (Å²) in [5.41, 5.74) is 1.47. The number of likely N-dealkylation sites (tertiary alicyclic amines) is 2. The minimum Gasteiger partial charge on any atom is -0.465 e. The Hall–Kier alpha value is -5.11. The summed E-state index contributed by atoms with van der Waals surface area (Å²) in [5.74, 6) is -0.670. The van der Waals surface area contributed by atoms with Crippen LogP contribution in [-0.4, -0.2) is 72.7 Å². The number of fused-ring (bicyclic) bond motifs is 1. The number of amides is 2. The van der Waals surface area contributed by atoms with Crippen molar-refractivity contribution in [1.29, 1.82) is 5.26 Å². The fraction of sp³-hybridized carbons (Fsp3) is 0.364. The summed E-state index contributed by atoms with van der Waals surface area (Å²) in [4.78, 5) is 55.6. The van der Waals surface area contributed by atoms with Crippen molar-refractivity contribution in [3.63, 3.8) is 0 Å². The van der Waals surface area contributed by atoms with Gasteiger partial charge in [0.05, 0.1) is 19.2 Å². The number of carbonyl (C=O) groups is 4. The van der Waals surface area contributed by atoms with E-state index >= 15 is 0 Å². The molecule has 0 spiro atoms. The lowest BCUT2D eigenvalue weighted by atomic mass is 10.0. The lowest BCUT2D eigenvalue weighted by Crippen LogP contribution is -2.49. The van der Waals surface area contributed by atoms with Gasteiger partial charge in [0.2, 0.25) is 17.6 Å². The van der Waals surface area contributed by atoms with E-state index in [1.807, 2.05) is 25.1 Å². The monoisotopic (exact) mass is 597 g/mol. The average Bonchev–Trinajstić information content (AvgIpc) is 3.67. The van der Waals surface area contributed by atoms with E-state index in [-0.39, 0.29) is 40.9 Å². The molecule has 2 amide bonds. The van der Waals surface area contributed by atoms with E-state index in [0.29, 0.717) is 37.3 Å². The van der Waals surface area contributed by atoms with Crippen LogP contribution in [0.3, 0.4) is 0 Å². The molecule has 0 aliphatic carbocycles. The Kier molecular flexibility index (Phi) is 9.29. The minimum atomic E-state index is -0.774. The molecular weight excluding hydrogens is 562 g/mol. The number of hydrogen-bond donors (Lipinski definition) is 2. The van der Waals surface area contributed by atoms with Crippen molar-refractivity contribution in [2.45, 2.75) is 45.1 Å². The van der Waals surface area contributed by atoms with Crippen LogP contribution in [-0.2, 0) is 14.3 Å². The predicted molar refractivity (Wildman–Crippen MR) is 162 cm³/mol. The molecule has 0 bridgehead atoms. The van der Waals surface area contributed by atoms with E-state index in [0.717, 1.165) is 36.8 Å². The smallest absolute Gasteiger partial charge is 0.337 e. The molecule has 0 saturated carbocycles. The first-order chi connectivity index (χ1) is 21.3. The van der Waals surface area contributed by atoms with Gasteiger partial charge in [-0.05, 0) is 75.4 Å². The van der Waals surface area contributed by atoms with Crippen molar-refractivity contribution < 1.29 is 28.3 Å². The van der Waals surface area contributed by atoms with Crippen molar-refractivity contribution in [3.05, 3.63) is 76.8 Å². The Balaban J connectivity index is 1.47. The number of rotatable bonds is 9. The normalized spacial score (nSPS) is 17.5. The number of ketones is 1. The highest BCUT2D eigenvalue weighted by atomic mass is 16.5. The first-order valence-corrected chi connectivity index (χ1v) is 14.7. The highest BCUT2D eigenvalue weighted by Gasteiger charge is 2.32. The molecule has 2 aliphatic rings. The molecule has 3 heterocycles. The Morgan fingerprint density at radius 2 is 1.70 bits per heavy atom. The van der Waals surface area contributed by atoms with Crippen molar-refractivity contribution >= 4 is 40.2 Å². The van der Waals surface area contributed by atoms with E-state index < -0.39 is 17.8 Å². The zero-order chi connectivity index (χ0) is 31.2. The predicted octanol–water partition coefficient (Wildman–Crippen LogP) is 4.15. The molecule has 11 heteroatoms. The van der Waals surface area contributed by atoms with Gasteiger partial charge < -0.3 is 29.6 Å². The summed E-state index contributed by atoms with van der Waals surface area (Å²) in [6.07, 6.45) is 3.83. The van der Waals surface area contributed by atoms with E-state index in [2.05, 4.69) is 10.6 Å². The maximum atomic E-state index is 13.8. The summed E-state index contributed by atoms with van der Waals surface area (Å²) < 4.78 is 10.4. The number of hydrogen-bond acceptors (Lipinski definition) is 9. The number of nitriles is 1. The van der Waals surface area contributed by atoms with Crippen LogP contribution in [0.2, 0.25) is 0 Å². The van der Waals surface area contributed by atoms with Gasteiger partial charge in [-0.3, -0.25) is 14.4 Å². The Morgan fingerprint density at radius 1 is 1.00 bits per heavy atom. The second-order valence-corrected chi connectivity index (χ2v) is 11.0. The number of anilines is 1. The van der Waals surface area contributed by atoms with E-state index in [1.54, 1.807) is 21.9 Å². The maximum Gasteiger partial charge on any atom is 0.337 e. The van der Waals surface area contributed by atoms with Crippen LogP contribution < -0.4 is 10.6 Å². The fourth-order valence-corrected chi connectivity index (χ4v) is 5.61. The topological polar surface area (TPSA) is 145 Å². The van der Waals surface area contributed by atoms with Gasteiger partial charge in [0.15, 0.2) is 0 Å². The molecule has 0 unspecified atom stereocenters. The van der Waals surface area contributed by atoms with Crippen LogP contribution >= 0.6 is 0 Å². The Morgan fingerprint density at radius 3 is 2.41 bits per heavy atom. The molecule has 5 rings (SSSR count). The van der Waals surface area contributed by atoms with Gasteiger partial charge >= 0.3 is 5.97 Å². The number of benzene rings is 2. The van der Waals surface area contributed by atoms with Gasteiger partial charge in [0.25, 0.3) is 0 Å². The molecule has 2 N–H and O–H groups in total. The summed E-state index contributed by atoms with van der Waals surface area (Å²) >= 11 is 0. The standard InChI is InChI=1S/C33H35N5O6/c1-21-17-24-18-25(12-13-28(24)44-21)35-31(26(19-34)30(40)22-8-10-23(11-9-22)33(42)43-2)36-27-7-3-4-16-38(32(27)41)20-29(39)37-14-5-6-15-37/h8-13,17-18,27,35-36H,3-7,14-16,20H2,1-2H3/t27-/m0/s1. The number of methoxy groups -OCH3 is 1. The molecule has 11 nitrogen and oxygen atoms in total. The highest BCUT2D eigenvalue weighted by molar-refractivity contribution is 6.12. The zero-order valence-corrected chi connectivity index (χ0v) is 24.9. The number of esters is 1. The number of ether oxygens (including phenoxy) is 1. The van der Waals surface area contributed by atoms with Gasteiger partial charge in [-0.15, -0.1) is 0 Å². The van der Waals surface area contributed by atoms with E-state index in [4.69, 9.17) is 9.15 Å². The molecule has 2 aromatic carbocycles. The number of carbonyl (C=O) groups excluding carboxylic acids is 4. The van der Waals surface area contributed by atoms with Crippen LogP contribution in [0, 0.1) is 18.3 Å². The first-order valence-electron chi connectivity index (χ1n) is 14.7. The SMILES string of the molecule is COC(=O)c1ccc(C(=O)C(C#N)=C(Nc2ccc3oc(C)cc3c2)N[C@H]2CCCCN(CC(=O)N3CCCC3)C2=O)cc1. The molecule has 2 fully saturated rings. The summed E-state index contributed by atoms with van der Waals surface area (Å²) in [6.45, 7) is 3.70. The fourth-order valence-electron chi connectivity index (χ4n) is 5.61. The van der Waals surface area contributed by atoms with Gasteiger partial charge in [0.1, 0.15) is 34.8 Å². The van der Waals surface area contributed by atoms with Gasteiger partial charge in [-0.2, -0.15) is 5.26 Å². The number of Topliss-reactive ketones (excluding diaryl/α,β-unsaturated/α-hetero) is 1. The molecule has 1 aromatic heterocycles. The van der Waals surface area contributed by atoms with Gasteiger partial charge in [-0.1, -0.05) is 12.1 Å². The summed E-state index contributed by atoms with van der Waals surface area (Å²) in [6, 6.07) is 14.3. The average molecular weight is 598 g/mol. The maximum absolute atomic E-state index is 13.8. The van der Waals surface area contributed by atoms with Crippen molar-refractivity contribution in [3.8, 4) is 6.07 Å². The van der Waals surface area contributed by atoms with Gasteiger partial charge in [0, 0.05) is 36.3 Å². The van der Waals surface area contributed by atoms with Crippen molar-refractivity contribution in [1.82, 2.24) is 15.1 Å². The van der Waals surface area contributed by atoms with E-state index in [9.17, 15) is 24.4 Å².